The first-order valence-corrected chi connectivity index (χ1v) is 6.69. The highest BCUT2D eigenvalue weighted by Gasteiger charge is 2.10. The molecule has 4 nitrogen and oxygen atoms in total. The zero-order valence-corrected chi connectivity index (χ0v) is 12.3. The Morgan fingerprint density at radius 1 is 1.35 bits per heavy atom. The molecule has 0 spiro atoms. The van der Waals surface area contributed by atoms with E-state index in [-0.39, 0.29) is 5.69 Å². The molecule has 1 N–H and O–H groups in total. The van der Waals surface area contributed by atoms with Crippen LogP contribution < -0.4 is 5.32 Å². The molecule has 0 fully saturated rings. The lowest BCUT2D eigenvalue weighted by atomic mass is 10.1. The Balaban J connectivity index is 2.19. The van der Waals surface area contributed by atoms with E-state index in [0.29, 0.717) is 12.1 Å². The molecule has 0 heterocycles. The summed E-state index contributed by atoms with van der Waals surface area (Å²) in [7, 11) is 0. The van der Waals surface area contributed by atoms with Crippen molar-refractivity contribution in [3.63, 3.8) is 0 Å². The zero-order valence-electron chi connectivity index (χ0n) is 10.7. The first-order chi connectivity index (χ1) is 9.47. The second-order valence-electron chi connectivity index (χ2n) is 4.34. The van der Waals surface area contributed by atoms with Crippen molar-refractivity contribution in [1.29, 1.82) is 0 Å². The second kappa shape index (κ2) is 6.00. The molecule has 0 aromatic heterocycles. The number of benzene rings is 2. The van der Waals surface area contributed by atoms with E-state index in [1.54, 1.807) is 0 Å². The molecular formula is C14H12BrFN2O2. The van der Waals surface area contributed by atoms with Gasteiger partial charge >= 0.3 is 0 Å². The van der Waals surface area contributed by atoms with Crippen LogP contribution in [0.25, 0.3) is 0 Å². The Hall–Kier alpha value is -1.95. The number of non-ortho nitro benzene ring substituents is 1. The van der Waals surface area contributed by atoms with E-state index < -0.39 is 10.7 Å². The molecule has 2 aromatic rings. The third kappa shape index (κ3) is 3.33. The van der Waals surface area contributed by atoms with Crippen LogP contribution in [0.2, 0.25) is 0 Å². The predicted octanol–water partition coefficient (Wildman–Crippen LogP) is 4.42. The monoisotopic (exact) mass is 338 g/mol. The van der Waals surface area contributed by atoms with E-state index >= 15 is 0 Å². The highest BCUT2D eigenvalue weighted by molar-refractivity contribution is 9.10. The summed E-state index contributed by atoms with van der Waals surface area (Å²) in [5.41, 5.74) is 2.20. The number of halogens is 2. The Morgan fingerprint density at radius 2 is 2.10 bits per heavy atom. The minimum Gasteiger partial charge on any atom is -0.381 e. The van der Waals surface area contributed by atoms with Crippen molar-refractivity contribution in [2.45, 2.75) is 13.5 Å². The number of hydrogen-bond donors (Lipinski definition) is 1. The first kappa shape index (κ1) is 14.5. The average Bonchev–Trinajstić information content (AvgIpc) is 2.40. The number of rotatable bonds is 4. The van der Waals surface area contributed by atoms with Gasteiger partial charge in [0.2, 0.25) is 0 Å². The summed E-state index contributed by atoms with van der Waals surface area (Å²) >= 11 is 3.43. The molecule has 0 saturated heterocycles. The lowest BCUT2D eigenvalue weighted by Crippen LogP contribution is -2.02. The van der Waals surface area contributed by atoms with Crippen LogP contribution in [0.1, 0.15) is 11.1 Å². The highest BCUT2D eigenvalue weighted by atomic mass is 79.9. The number of nitro groups is 1. The quantitative estimate of drug-likeness (QED) is 0.663. The number of nitrogens with one attached hydrogen (secondary N) is 1. The van der Waals surface area contributed by atoms with E-state index in [4.69, 9.17) is 0 Å². The van der Waals surface area contributed by atoms with Crippen LogP contribution in [0, 0.1) is 22.9 Å². The SMILES string of the molecule is Cc1c(Br)cccc1NCc1cc(F)cc([N+](=O)[O-])c1. The van der Waals surface area contributed by atoms with Crippen molar-refractivity contribution < 1.29 is 9.31 Å². The minimum atomic E-state index is -0.609. The molecule has 0 aliphatic carbocycles. The largest absolute Gasteiger partial charge is 0.381 e. The second-order valence-corrected chi connectivity index (χ2v) is 5.20. The maximum atomic E-state index is 13.3. The van der Waals surface area contributed by atoms with Gasteiger partial charge in [0.05, 0.1) is 11.0 Å². The summed E-state index contributed by atoms with van der Waals surface area (Å²) in [5.74, 6) is -0.609. The normalized spacial score (nSPS) is 10.3. The summed E-state index contributed by atoms with van der Waals surface area (Å²) in [6.45, 7) is 2.26. The van der Waals surface area contributed by atoms with E-state index in [0.717, 1.165) is 21.8 Å². The van der Waals surface area contributed by atoms with E-state index in [2.05, 4.69) is 21.2 Å². The van der Waals surface area contributed by atoms with Gasteiger partial charge in [-0.25, -0.2) is 4.39 Å². The number of nitrogens with zero attached hydrogens (tertiary/aromatic N) is 1. The molecule has 0 saturated carbocycles. The van der Waals surface area contributed by atoms with Gasteiger partial charge in [0.25, 0.3) is 5.69 Å². The van der Waals surface area contributed by atoms with E-state index in [9.17, 15) is 14.5 Å². The summed E-state index contributed by atoms with van der Waals surface area (Å²) in [5, 5.41) is 13.8. The number of anilines is 1. The highest BCUT2D eigenvalue weighted by Crippen LogP contribution is 2.24. The van der Waals surface area contributed by atoms with Crippen LogP contribution >= 0.6 is 15.9 Å². The molecule has 104 valence electrons. The van der Waals surface area contributed by atoms with Gasteiger partial charge in [0.1, 0.15) is 5.82 Å². The van der Waals surface area contributed by atoms with Gasteiger partial charge in [-0.15, -0.1) is 0 Å². The van der Waals surface area contributed by atoms with Gasteiger partial charge in [0, 0.05) is 22.8 Å². The maximum absolute atomic E-state index is 13.3. The maximum Gasteiger partial charge on any atom is 0.272 e. The number of hydrogen-bond acceptors (Lipinski definition) is 3. The minimum absolute atomic E-state index is 0.243. The summed E-state index contributed by atoms with van der Waals surface area (Å²) in [6, 6.07) is 9.26. The van der Waals surface area contributed by atoms with Gasteiger partial charge < -0.3 is 5.32 Å². The first-order valence-electron chi connectivity index (χ1n) is 5.90. The van der Waals surface area contributed by atoms with Gasteiger partial charge in [-0.3, -0.25) is 10.1 Å². The van der Waals surface area contributed by atoms with Crippen LogP contribution in [0.15, 0.2) is 40.9 Å². The van der Waals surface area contributed by atoms with Crippen molar-refractivity contribution in [1.82, 2.24) is 0 Å². The fraction of sp³-hybridized carbons (Fsp3) is 0.143. The van der Waals surface area contributed by atoms with Gasteiger partial charge in [-0.1, -0.05) is 22.0 Å². The van der Waals surface area contributed by atoms with Crippen LogP contribution in [0.5, 0.6) is 0 Å². The molecule has 0 bridgehead atoms. The van der Waals surface area contributed by atoms with Crippen molar-refractivity contribution in [2.75, 3.05) is 5.32 Å². The number of nitro benzene ring substituents is 1. The van der Waals surface area contributed by atoms with Crippen LogP contribution in [0.4, 0.5) is 15.8 Å². The third-order valence-corrected chi connectivity index (χ3v) is 3.76. The molecule has 20 heavy (non-hydrogen) atoms. The van der Waals surface area contributed by atoms with Gasteiger partial charge in [0.15, 0.2) is 0 Å². The van der Waals surface area contributed by atoms with Crippen molar-refractivity contribution in [3.05, 3.63) is 67.9 Å². The lowest BCUT2D eigenvalue weighted by molar-refractivity contribution is -0.385. The Kier molecular flexibility index (Phi) is 4.34. The van der Waals surface area contributed by atoms with Crippen LogP contribution in [-0.4, -0.2) is 4.92 Å². The average molecular weight is 339 g/mol. The molecule has 0 aliphatic heterocycles. The van der Waals surface area contributed by atoms with E-state index in [1.807, 2.05) is 25.1 Å². The lowest BCUT2D eigenvalue weighted by Gasteiger charge is -2.10. The summed E-state index contributed by atoms with van der Waals surface area (Å²) in [6.07, 6.45) is 0. The zero-order chi connectivity index (χ0) is 14.7. The molecule has 0 radical (unpaired) electrons. The Bertz CT molecular complexity index is 662. The molecular weight excluding hydrogens is 327 g/mol. The molecule has 2 aromatic carbocycles. The summed E-state index contributed by atoms with van der Waals surface area (Å²) in [4.78, 5) is 10.1. The fourth-order valence-electron chi connectivity index (χ4n) is 1.84. The van der Waals surface area contributed by atoms with Gasteiger partial charge in [-0.2, -0.15) is 0 Å². The van der Waals surface area contributed by atoms with Gasteiger partial charge in [-0.05, 0) is 36.2 Å². The molecule has 0 aliphatic rings. The Labute approximate surface area is 123 Å². The Morgan fingerprint density at radius 3 is 2.80 bits per heavy atom. The molecule has 0 atom stereocenters. The smallest absolute Gasteiger partial charge is 0.272 e. The van der Waals surface area contributed by atoms with Crippen molar-refractivity contribution >= 4 is 27.3 Å². The third-order valence-electron chi connectivity index (χ3n) is 2.90. The topological polar surface area (TPSA) is 55.2 Å². The molecule has 6 heteroatoms. The predicted molar refractivity (Wildman–Crippen MR) is 79.3 cm³/mol. The molecule has 0 unspecified atom stereocenters. The molecule has 2 rings (SSSR count). The molecule has 0 amide bonds. The van der Waals surface area contributed by atoms with Crippen LogP contribution in [-0.2, 0) is 6.54 Å². The summed E-state index contributed by atoms with van der Waals surface area (Å²) < 4.78 is 14.3. The van der Waals surface area contributed by atoms with Crippen LogP contribution in [0.3, 0.4) is 0 Å². The van der Waals surface area contributed by atoms with E-state index in [1.165, 1.54) is 12.1 Å². The van der Waals surface area contributed by atoms with Crippen molar-refractivity contribution in [2.24, 2.45) is 0 Å². The standard InChI is InChI=1S/C14H12BrFN2O2/c1-9-13(15)3-2-4-14(9)17-8-10-5-11(16)7-12(6-10)18(19)20/h2-7,17H,8H2,1H3. The van der Waals surface area contributed by atoms with Crippen molar-refractivity contribution in [3.8, 4) is 0 Å². The fourth-order valence-corrected chi connectivity index (χ4v) is 2.20.